The summed E-state index contributed by atoms with van der Waals surface area (Å²) < 4.78 is 27.4. The smallest absolute Gasteiger partial charge is 0.398 e. The fourth-order valence-electron chi connectivity index (χ4n) is 3.35. The van der Waals surface area contributed by atoms with Gasteiger partial charge >= 0.3 is 7.12 Å². The molecule has 2 heterocycles. The van der Waals surface area contributed by atoms with Gasteiger partial charge in [0.2, 0.25) is 0 Å². The first-order valence-corrected chi connectivity index (χ1v) is 9.87. The maximum Gasteiger partial charge on any atom is 0.525 e. The van der Waals surface area contributed by atoms with E-state index in [4.69, 9.17) is 20.9 Å². The molecule has 3 rings (SSSR count). The van der Waals surface area contributed by atoms with Crippen molar-refractivity contribution in [3.05, 3.63) is 40.6 Å². The normalized spacial score (nSPS) is 24.2. The number of nitrogens with zero attached hydrogens (tertiary/aromatic N) is 1. The topological polar surface area (TPSA) is 41.9 Å². The third kappa shape index (κ3) is 4.57. The SMILES string of the molecule is CC1(C)OB(C(F)=C(CN2CCC(O)CC2)c2ccc(Cl)cc2)OC1(C)C. The lowest BCUT2D eigenvalue weighted by atomic mass is 9.82. The van der Waals surface area contributed by atoms with Gasteiger partial charge in [-0.25, -0.2) is 4.39 Å². The fraction of sp³-hybridized carbons (Fsp3) is 0.600. The summed E-state index contributed by atoms with van der Waals surface area (Å²) in [5, 5.41) is 10.3. The van der Waals surface area contributed by atoms with Gasteiger partial charge in [-0.3, -0.25) is 4.90 Å². The standard InChI is InChI=1S/C20H28BClFNO3/c1-19(2)20(3,4)27-21(26-19)18(23)17(14-5-7-15(22)8-6-14)13-24-11-9-16(25)10-12-24/h5-8,16,25H,9-13H2,1-4H3. The van der Waals surface area contributed by atoms with Crippen molar-refractivity contribution in [3.63, 3.8) is 0 Å². The molecular formula is C20H28BClFNO3. The minimum atomic E-state index is -1.03. The zero-order valence-electron chi connectivity index (χ0n) is 16.5. The van der Waals surface area contributed by atoms with Crippen molar-refractivity contribution < 1.29 is 18.8 Å². The van der Waals surface area contributed by atoms with Crippen LogP contribution in [0.5, 0.6) is 0 Å². The van der Waals surface area contributed by atoms with Gasteiger partial charge in [0.05, 0.1) is 17.3 Å². The van der Waals surface area contributed by atoms with E-state index in [-0.39, 0.29) is 6.10 Å². The van der Waals surface area contributed by atoms with E-state index in [0.717, 1.165) is 18.7 Å². The number of aliphatic hydroxyl groups excluding tert-OH is 1. The first kappa shape index (κ1) is 20.8. The summed E-state index contributed by atoms with van der Waals surface area (Å²) in [6, 6.07) is 7.16. The second-order valence-electron chi connectivity index (χ2n) is 8.43. The van der Waals surface area contributed by atoms with Crippen LogP contribution in [-0.4, -0.2) is 54.1 Å². The number of aliphatic hydroxyl groups is 1. The summed E-state index contributed by atoms with van der Waals surface area (Å²) >= 11 is 6.01. The van der Waals surface area contributed by atoms with Gasteiger partial charge in [0, 0.05) is 30.2 Å². The quantitative estimate of drug-likeness (QED) is 0.779. The van der Waals surface area contributed by atoms with E-state index >= 15 is 4.39 Å². The van der Waals surface area contributed by atoms with Gasteiger partial charge in [0.1, 0.15) is 5.73 Å². The lowest BCUT2D eigenvalue weighted by molar-refractivity contribution is 0.00578. The molecule has 0 atom stereocenters. The van der Waals surface area contributed by atoms with E-state index < -0.39 is 24.0 Å². The van der Waals surface area contributed by atoms with Crippen molar-refractivity contribution in [2.75, 3.05) is 19.6 Å². The van der Waals surface area contributed by atoms with Crippen molar-refractivity contribution >= 4 is 24.3 Å². The molecule has 2 saturated heterocycles. The van der Waals surface area contributed by atoms with Crippen LogP contribution in [-0.2, 0) is 9.31 Å². The fourth-order valence-corrected chi connectivity index (χ4v) is 3.47. The predicted octanol–water partition coefficient (Wildman–Crippen LogP) is 4.11. The molecule has 0 spiro atoms. The van der Waals surface area contributed by atoms with Gasteiger partial charge in [-0.15, -0.1) is 0 Å². The van der Waals surface area contributed by atoms with Crippen molar-refractivity contribution in [1.82, 2.24) is 4.90 Å². The maximum absolute atomic E-state index is 15.6. The Labute approximate surface area is 166 Å². The molecule has 2 fully saturated rings. The summed E-state index contributed by atoms with van der Waals surface area (Å²) in [7, 11) is -1.03. The van der Waals surface area contributed by atoms with Crippen LogP contribution in [0, 0.1) is 0 Å². The minimum Gasteiger partial charge on any atom is -0.398 e. The first-order valence-electron chi connectivity index (χ1n) is 9.49. The molecule has 1 aromatic carbocycles. The highest BCUT2D eigenvalue weighted by Gasteiger charge is 2.53. The van der Waals surface area contributed by atoms with E-state index in [2.05, 4.69) is 4.90 Å². The van der Waals surface area contributed by atoms with E-state index in [1.807, 2.05) is 39.8 Å². The highest BCUT2D eigenvalue weighted by molar-refractivity contribution is 6.55. The Hall–Kier alpha value is -0.915. The average molecular weight is 396 g/mol. The van der Waals surface area contributed by atoms with Crippen LogP contribution in [0.15, 0.2) is 30.0 Å². The Bertz CT molecular complexity index is 684. The lowest BCUT2D eigenvalue weighted by Gasteiger charge is -2.32. The summed E-state index contributed by atoms with van der Waals surface area (Å²) in [6.07, 6.45) is 1.13. The Morgan fingerprint density at radius 1 is 1.15 bits per heavy atom. The Morgan fingerprint density at radius 2 is 1.67 bits per heavy atom. The van der Waals surface area contributed by atoms with Crippen LogP contribution in [0.4, 0.5) is 4.39 Å². The van der Waals surface area contributed by atoms with Gasteiger partial charge in [-0.05, 0) is 58.2 Å². The molecule has 1 aromatic rings. The maximum atomic E-state index is 15.6. The number of hydrogen-bond acceptors (Lipinski definition) is 4. The third-order valence-electron chi connectivity index (χ3n) is 5.88. The molecule has 1 N–H and O–H groups in total. The third-order valence-corrected chi connectivity index (χ3v) is 6.13. The summed E-state index contributed by atoms with van der Waals surface area (Å²) in [5.41, 5.74) is -0.300. The molecule has 0 unspecified atom stereocenters. The molecule has 2 aliphatic rings. The van der Waals surface area contributed by atoms with Crippen LogP contribution >= 0.6 is 11.6 Å². The van der Waals surface area contributed by atoms with Crippen molar-refractivity contribution in [1.29, 1.82) is 0 Å². The lowest BCUT2D eigenvalue weighted by Crippen LogP contribution is -2.41. The minimum absolute atomic E-state index is 0.267. The van der Waals surface area contributed by atoms with Gasteiger partial charge in [-0.2, -0.15) is 0 Å². The number of likely N-dealkylation sites (tertiary alicyclic amines) is 1. The Kier molecular flexibility index (Phi) is 6.04. The molecular weight excluding hydrogens is 367 g/mol. The second kappa shape index (κ2) is 7.84. The molecule has 0 aromatic heterocycles. The van der Waals surface area contributed by atoms with Crippen molar-refractivity contribution in [2.45, 2.75) is 57.8 Å². The number of hydrogen-bond donors (Lipinski definition) is 1. The molecule has 148 valence electrons. The van der Waals surface area contributed by atoms with Gasteiger partial charge in [0.25, 0.3) is 0 Å². The van der Waals surface area contributed by atoms with Crippen LogP contribution in [0.3, 0.4) is 0 Å². The van der Waals surface area contributed by atoms with Gasteiger partial charge in [0.15, 0.2) is 0 Å². The number of halogens is 2. The van der Waals surface area contributed by atoms with Crippen LogP contribution in [0.2, 0.25) is 5.02 Å². The average Bonchev–Trinajstić information content (AvgIpc) is 2.82. The molecule has 0 aliphatic carbocycles. The van der Waals surface area contributed by atoms with E-state index in [9.17, 15) is 5.11 Å². The Morgan fingerprint density at radius 3 is 2.19 bits per heavy atom. The van der Waals surface area contributed by atoms with E-state index in [0.29, 0.717) is 30.0 Å². The summed E-state index contributed by atoms with van der Waals surface area (Å²) in [4.78, 5) is 2.15. The van der Waals surface area contributed by atoms with Gasteiger partial charge in [-0.1, -0.05) is 23.7 Å². The molecule has 0 bridgehead atoms. The van der Waals surface area contributed by atoms with Gasteiger partial charge < -0.3 is 14.4 Å². The second-order valence-corrected chi connectivity index (χ2v) is 8.87. The van der Waals surface area contributed by atoms with E-state index in [1.165, 1.54) is 0 Å². The van der Waals surface area contributed by atoms with Crippen LogP contribution in [0.25, 0.3) is 5.57 Å². The molecule has 0 amide bonds. The predicted molar refractivity (Wildman–Crippen MR) is 107 cm³/mol. The van der Waals surface area contributed by atoms with E-state index in [1.54, 1.807) is 12.1 Å². The van der Waals surface area contributed by atoms with Crippen molar-refractivity contribution in [2.24, 2.45) is 0 Å². The monoisotopic (exact) mass is 395 g/mol. The molecule has 0 saturated carbocycles. The van der Waals surface area contributed by atoms with Crippen molar-refractivity contribution in [3.8, 4) is 0 Å². The molecule has 7 heteroatoms. The molecule has 4 nitrogen and oxygen atoms in total. The Balaban J connectivity index is 1.91. The summed E-state index contributed by atoms with van der Waals surface area (Å²) in [5.74, 6) is 0. The molecule has 2 aliphatic heterocycles. The first-order chi connectivity index (χ1) is 12.6. The highest BCUT2D eigenvalue weighted by Crippen LogP contribution is 2.40. The number of rotatable bonds is 4. The zero-order chi connectivity index (χ0) is 19.8. The largest absolute Gasteiger partial charge is 0.525 e. The zero-order valence-corrected chi connectivity index (χ0v) is 17.2. The summed E-state index contributed by atoms with van der Waals surface area (Å²) in [6.45, 7) is 9.54. The molecule has 27 heavy (non-hydrogen) atoms. The molecule has 0 radical (unpaired) electrons. The highest BCUT2D eigenvalue weighted by atomic mass is 35.5. The number of benzene rings is 1. The number of piperidine rings is 1. The van der Waals surface area contributed by atoms with Crippen LogP contribution < -0.4 is 0 Å². The van der Waals surface area contributed by atoms with Crippen LogP contribution in [0.1, 0.15) is 46.1 Å².